The minimum atomic E-state index is -0.0435. The molecule has 4 rings (SSSR count). The quantitative estimate of drug-likeness (QED) is 0.839. The molecular formula is C18H26N2O2. The van der Waals surface area contributed by atoms with Gasteiger partial charge in [0.2, 0.25) is 0 Å². The van der Waals surface area contributed by atoms with E-state index in [0.29, 0.717) is 6.04 Å². The van der Waals surface area contributed by atoms with Crippen molar-refractivity contribution in [2.45, 2.75) is 69.6 Å². The van der Waals surface area contributed by atoms with Crippen LogP contribution in [0, 0.1) is 0 Å². The monoisotopic (exact) mass is 302 g/mol. The van der Waals surface area contributed by atoms with Gasteiger partial charge in [-0.3, -0.25) is 4.79 Å². The maximum Gasteiger partial charge on any atom is 0.270 e. The van der Waals surface area contributed by atoms with Crippen LogP contribution >= 0.6 is 0 Å². The molecule has 0 radical (unpaired) electrons. The van der Waals surface area contributed by atoms with Gasteiger partial charge in [0.15, 0.2) is 0 Å². The molecule has 1 aromatic rings. The predicted octanol–water partition coefficient (Wildman–Crippen LogP) is 3.39. The third kappa shape index (κ3) is 2.37. The molecule has 1 spiro atoms. The van der Waals surface area contributed by atoms with E-state index in [4.69, 9.17) is 4.74 Å². The van der Waals surface area contributed by atoms with Crippen LogP contribution in [0.2, 0.25) is 0 Å². The van der Waals surface area contributed by atoms with E-state index in [2.05, 4.69) is 17.7 Å². The van der Waals surface area contributed by atoms with Crippen LogP contribution in [0.5, 0.6) is 0 Å². The highest BCUT2D eigenvalue weighted by Crippen LogP contribution is 2.40. The lowest BCUT2D eigenvalue weighted by atomic mass is 9.78. The first-order valence-electron chi connectivity index (χ1n) is 8.81. The smallest absolute Gasteiger partial charge is 0.270 e. The van der Waals surface area contributed by atoms with E-state index >= 15 is 0 Å². The van der Waals surface area contributed by atoms with Gasteiger partial charge >= 0.3 is 0 Å². The molecule has 1 aliphatic heterocycles. The van der Waals surface area contributed by atoms with E-state index in [1.54, 1.807) is 0 Å². The lowest BCUT2D eigenvalue weighted by Crippen LogP contribution is -2.59. The molecule has 1 unspecified atom stereocenters. The largest absolute Gasteiger partial charge is 0.368 e. The van der Waals surface area contributed by atoms with Gasteiger partial charge in [-0.25, -0.2) is 0 Å². The zero-order chi connectivity index (χ0) is 15.2. The van der Waals surface area contributed by atoms with Crippen LogP contribution in [0.4, 0.5) is 0 Å². The van der Waals surface area contributed by atoms with Crippen LogP contribution in [-0.4, -0.2) is 40.2 Å². The summed E-state index contributed by atoms with van der Waals surface area (Å²) in [6.07, 6.45) is 10.7. The highest BCUT2D eigenvalue weighted by Gasteiger charge is 2.45. The first kappa shape index (κ1) is 14.3. The maximum absolute atomic E-state index is 13.1. The second-order valence-corrected chi connectivity index (χ2v) is 7.39. The Balaban J connectivity index is 1.55. The standard InChI is InChI=1S/C18H26N2O2/c1-14-12-19(13-18(22-14)9-5-10-18)17(21)16-8-4-11-20(16)15-6-2-3-7-15/h4,8,11,14-15H,2-3,5-7,9-10,12-13H2,1H3. The van der Waals surface area contributed by atoms with Gasteiger partial charge in [-0.2, -0.15) is 0 Å². The molecule has 120 valence electrons. The van der Waals surface area contributed by atoms with Gasteiger partial charge in [0, 0.05) is 18.8 Å². The highest BCUT2D eigenvalue weighted by molar-refractivity contribution is 5.93. The molecule has 0 aromatic carbocycles. The van der Waals surface area contributed by atoms with Crippen molar-refractivity contribution in [2.75, 3.05) is 13.1 Å². The predicted molar refractivity (Wildman–Crippen MR) is 85.0 cm³/mol. The highest BCUT2D eigenvalue weighted by atomic mass is 16.5. The number of carbonyl (C=O) groups is 1. The minimum absolute atomic E-state index is 0.0435. The van der Waals surface area contributed by atoms with Crippen LogP contribution in [0.3, 0.4) is 0 Å². The summed E-state index contributed by atoms with van der Waals surface area (Å²) in [7, 11) is 0. The molecule has 0 bridgehead atoms. The molecule has 3 aliphatic rings. The number of aromatic nitrogens is 1. The van der Waals surface area contributed by atoms with Crippen molar-refractivity contribution < 1.29 is 9.53 Å². The van der Waals surface area contributed by atoms with Crippen molar-refractivity contribution in [3.05, 3.63) is 24.0 Å². The molecule has 1 amide bonds. The van der Waals surface area contributed by atoms with Gasteiger partial charge in [-0.1, -0.05) is 12.8 Å². The Bertz CT molecular complexity index is 555. The van der Waals surface area contributed by atoms with E-state index in [0.717, 1.165) is 31.6 Å². The molecule has 4 nitrogen and oxygen atoms in total. The van der Waals surface area contributed by atoms with Gasteiger partial charge in [0.25, 0.3) is 5.91 Å². The summed E-state index contributed by atoms with van der Waals surface area (Å²) in [6, 6.07) is 4.54. The molecular weight excluding hydrogens is 276 g/mol. The molecule has 1 aromatic heterocycles. The molecule has 1 saturated heterocycles. The molecule has 0 N–H and O–H groups in total. The van der Waals surface area contributed by atoms with E-state index < -0.39 is 0 Å². The number of morpholine rings is 1. The number of ether oxygens (including phenoxy) is 1. The average Bonchev–Trinajstić information content (AvgIpc) is 3.14. The van der Waals surface area contributed by atoms with E-state index in [1.807, 2.05) is 17.0 Å². The Hall–Kier alpha value is -1.29. The van der Waals surface area contributed by atoms with Crippen LogP contribution < -0.4 is 0 Å². The summed E-state index contributed by atoms with van der Waals surface area (Å²) in [4.78, 5) is 15.1. The maximum atomic E-state index is 13.1. The topological polar surface area (TPSA) is 34.5 Å². The third-order valence-electron chi connectivity index (χ3n) is 5.68. The number of nitrogens with zero attached hydrogens (tertiary/aromatic N) is 2. The SMILES string of the molecule is CC1CN(C(=O)c2cccn2C2CCCC2)CC2(CCC2)O1. The molecule has 2 saturated carbocycles. The molecule has 2 aliphatic carbocycles. The Morgan fingerprint density at radius 3 is 2.73 bits per heavy atom. The summed E-state index contributed by atoms with van der Waals surface area (Å²) < 4.78 is 8.36. The fourth-order valence-corrected chi connectivity index (χ4v) is 4.46. The normalized spacial score (nSPS) is 28.0. The molecule has 22 heavy (non-hydrogen) atoms. The number of amides is 1. The van der Waals surface area contributed by atoms with Crippen molar-refractivity contribution in [1.29, 1.82) is 0 Å². The minimum Gasteiger partial charge on any atom is -0.368 e. The molecule has 1 atom stereocenters. The Morgan fingerprint density at radius 1 is 1.27 bits per heavy atom. The van der Waals surface area contributed by atoms with Crippen molar-refractivity contribution in [3.8, 4) is 0 Å². The fraction of sp³-hybridized carbons (Fsp3) is 0.722. The summed E-state index contributed by atoms with van der Waals surface area (Å²) >= 11 is 0. The molecule has 4 heteroatoms. The van der Waals surface area contributed by atoms with Crippen molar-refractivity contribution in [2.24, 2.45) is 0 Å². The Kier molecular flexibility index (Phi) is 3.52. The lowest BCUT2D eigenvalue weighted by molar-refractivity contribution is -0.176. The van der Waals surface area contributed by atoms with Gasteiger partial charge < -0.3 is 14.2 Å². The first-order valence-corrected chi connectivity index (χ1v) is 8.81. The number of carbonyl (C=O) groups excluding carboxylic acids is 1. The zero-order valence-corrected chi connectivity index (χ0v) is 13.5. The summed E-state index contributed by atoms with van der Waals surface area (Å²) in [5.41, 5.74) is 0.827. The fourth-order valence-electron chi connectivity index (χ4n) is 4.46. The van der Waals surface area contributed by atoms with Gasteiger partial charge in [-0.15, -0.1) is 0 Å². The summed E-state index contributed by atoms with van der Waals surface area (Å²) in [6.45, 7) is 3.58. The van der Waals surface area contributed by atoms with Crippen molar-refractivity contribution in [1.82, 2.24) is 9.47 Å². The number of hydrogen-bond acceptors (Lipinski definition) is 2. The van der Waals surface area contributed by atoms with Gasteiger partial charge in [0.1, 0.15) is 5.69 Å². The number of hydrogen-bond donors (Lipinski definition) is 0. The average molecular weight is 302 g/mol. The Labute approximate surface area is 132 Å². The Morgan fingerprint density at radius 2 is 2.05 bits per heavy atom. The van der Waals surface area contributed by atoms with Gasteiger partial charge in [-0.05, 0) is 51.2 Å². The second kappa shape index (κ2) is 5.41. The van der Waals surface area contributed by atoms with Crippen LogP contribution in [0.1, 0.15) is 68.4 Å². The van der Waals surface area contributed by atoms with Crippen LogP contribution in [-0.2, 0) is 4.74 Å². The lowest BCUT2D eigenvalue weighted by Gasteiger charge is -2.50. The van der Waals surface area contributed by atoms with Crippen molar-refractivity contribution >= 4 is 5.91 Å². The zero-order valence-electron chi connectivity index (χ0n) is 13.5. The molecule has 2 heterocycles. The second-order valence-electron chi connectivity index (χ2n) is 7.39. The van der Waals surface area contributed by atoms with Gasteiger partial charge in [0.05, 0.1) is 18.2 Å². The molecule has 3 fully saturated rings. The third-order valence-corrected chi connectivity index (χ3v) is 5.68. The van der Waals surface area contributed by atoms with E-state index in [9.17, 15) is 4.79 Å². The van der Waals surface area contributed by atoms with E-state index in [-0.39, 0.29) is 17.6 Å². The number of rotatable bonds is 2. The van der Waals surface area contributed by atoms with Crippen molar-refractivity contribution in [3.63, 3.8) is 0 Å². The van der Waals surface area contributed by atoms with Crippen LogP contribution in [0.25, 0.3) is 0 Å². The summed E-state index contributed by atoms with van der Waals surface area (Å²) in [5, 5.41) is 0. The first-order chi connectivity index (χ1) is 10.7. The summed E-state index contributed by atoms with van der Waals surface area (Å²) in [5.74, 6) is 0.193. The van der Waals surface area contributed by atoms with Crippen LogP contribution in [0.15, 0.2) is 18.3 Å². The van der Waals surface area contributed by atoms with E-state index in [1.165, 1.54) is 32.1 Å².